The minimum absolute atomic E-state index is 0. The Labute approximate surface area is 191 Å². The zero-order chi connectivity index (χ0) is 20.4. The second-order valence-corrected chi connectivity index (χ2v) is 6.73. The van der Waals surface area contributed by atoms with E-state index in [1.165, 1.54) is 11.1 Å². The molecule has 0 radical (unpaired) electrons. The molecule has 0 spiro atoms. The molecule has 29 heavy (non-hydrogen) atoms. The highest BCUT2D eigenvalue weighted by atomic mass is 127. The summed E-state index contributed by atoms with van der Waals surface area (Å²) in [6.07, 6.45) is 5.80. The van der Waals surface area contributed by atoms with Crippen LogP contribution in [-0.4, -0.2) is 61.5 Å². The van der Waals surface area contributed by atoms with Crippen LogP contribution in [0.2, 0.25) is 0 Å². The summed E-state index contributed by atoms with van der Waals surface area (Å²) < 4.78 is 12.7. The van der Waals surface area contributed by atoms with Crippen LogP contribution in [0, 0.1) is 6.92 Å². The predicted molar refractivity (Wildman–Crippen MR) is 129 cm³/mol. The molecular formula is C21H34IN5O2. The lowest BCUT2D eigenvalue weighted by atomic mass is 10.1. The van der Waals surface area contributed by atoms with Crippen LogP contribution in [0.25, 0.3) is 0 Å². The zero-order valence-corrected chi connectivity index (χ0v) is 20.5. The Morgan fingerprint density at radius 1 is 1.24 bits per heavy atom. The van der Waals surface area contributed by atoms with Gasteiger partial charge in [0.05, 0.1) is 20.4 Å². The Morgan fingerprint density at radius 3 is 2.62 bits per heavy atom. The van der Waals surface area contributed by atoms with E-state index in [2.05, 4.69) is 48.5 Å². The summed E-state index contributed by atoms with van der Waals surface area (Å²) in [5.41, 5.74) is 2.39. The van der Waals surface area contributed by atoms with Crippen LogP contribution in [0.1, 0.15) is 24.5 Å². The van der Waals surface area contributed by atoms with Crippen LogP contribution in [0.4, 0.5) is 0 Å². The molecule has 0 atom stereocenters. The van der Waals surface area contributed by atoms with Crippen molar-refractivity contribution in [2.24, 2.45) is 4.99 Å². The number of hydrogen-bond acceptors (Lipinski definition) is 4. The second-order valence-electron chi connectivity index (χ2n) is 6.73. The fourth-order valence-corrected chi connectivity index (χ4v) is 2.92. The summed E-state index contributed by atoms with van der Waals surface area (Å²) in [5.74, 6) is 2.44. The lowest BCUT2D eigenvalue weighted by Gasteiger charge is -2.22. The van der Waals surface area contributed by atoms with E-state index in [9.17, 15) is 0 Å². The number of benzene rings is 1. The van der Waals surface area contributed by atoms with Crippen LogP contribution in [0.15, 0.2) is 35.6 Å². The van der Waals surface area contributed by atoms with Gasteiger partial charge < -0.3 is 19.7 Å². The maximum Gasteiger partial charge on any atom is 0.193 e. The predicted octanol–water partition coefficient (Wildman–Crippen LogP) is 3.36. The Bertz CT molecular complexity index is 763. The van der Waals surface area contributed by atoms with Gasteiger partial charge in [0.2, 0.25) is 0 Å². The molecule has 0 aliphatic carbocycles. The number of nitrogens with zero attached hydrogens (tertiary/aromatic N) is 4. The molecule has 8 heteroatoms. The maximum atomic E-state index is 5.39. The van der Waals surface area contributed by atoms with E-state index in [0.29, 0.717) is 0 Å². The number of halogens is 1. The number of rotatable bonds is 10. The summed E-state index contributed by atoms with van der Waals surface area (Å²) in [6, 6.07) is 6.05. The summed E-state index contributed by atoms with van der Waals surface area (Å²) in [5, 5.41) is 7.69. The van der Waals surface area contributed by atoms with Gasteiger partial charge in [-0.05, 0) is 49.9 Å². The van der Waals surface area contributed by atoms with E-state index < -0.39 is 0 Å². The molecule has 0 aliphatic heterocycles. The van der Waals surface area contributed by atoms with Gasteiger partial charge in [0.15, 0.2) is 17.5 Å². The van der Waals surface area contributed by atoms with Gasteiger partial charge in [-0.3, -0.25) is 9.67 Å². The van der Waals surface area contributed by atoms with Crippen LogP contribution in [0.5, 0.6) is 11.5 Å². The number of aryl methyl sites for hydroxylation is 2. The molecule has 1 aromatic heterocycles. The number of aromatic nitrogens is 2. The Balaban J connectivity index is 0.00000420. The zero-order valence-electron chi connectivity index (χ0n) is 18.1. The number of guanidine groups is 1. The molecule has 0 bridgehead atoms. The number of likely N-dealkylation sites (N-methyl/N-ethyl adjacent to an activating group) is 1. The second kappa shape index (κ2) is 13.3. The van der Waals surface area contributed by atoms with Gasteiger partial charge in [0, 0.05) is 39.4 Å². The van der Waals surface area contributed by atoms with Gasteiger partial charge >= 0.3 is 0 Å². The molecule has 1 heterocycles. The van der Waals surface area contributed by atoms with Crippen molar-refractivity contribution in [3.8, 4) is 11.5 Å². The van der Waals surface area contributed by atoms with Crippen molar-refractivity contribution in [3.05, 3.63) is 41.7 Å². The van der Waals surface area contributed by atoms with Crippen molar-refractivity contribution in [3.63, 3.8) is 0 Å². The molecule has 2 rings (SSSR count). The number of nitrogens with one attached hydrogen (secondary N) is 1. The normalized spacial score (nSPS) is 11.0. The molecule has 1 aromatic carbocycles. The van der Waals surface area contributed by atoms with Crippen LogP contribution in [-0.2, 0) is 13.0 Å². The minimum atomic E-state index is 0. The van der Waals surface area contributed by atoms with E-state index >= 15 is 0 Å². The quantitative estimate of drug-likeness (QED) is 0.228. The molecule has 1 N–H and O–H groups in total. The Morgan fingerprint density at radius 2 is 2.00 bits per heavy atom. The van der Waals surface area contributed by atoms with E-state index in [1.807, 2.05) is 23.0 Å². The highest BCUT2D eigenvalue weighted by Gasteiger charge is 2.08. The molecule has 0 saturated heterocycles. The lowest BCUT2D eigenvalue weighted by molar-refractivity contribution is 0.354. The summed E-state index contributed by atoms with van der Waals surface area (Å²) in [4.78, 5) is 6.92. The van der Waals surface area contributed by atoms with Crippen molar-refractivity contribution in [1.82, 2.24) is 20.0 Å². The van der Waals surface area contributed by atoms with Crippen molar-refractivity contribution in [2.75, 3.05) is 40.9 Å². The third-order valence-corrected chi connectivity index (χ3v) is 4.45. The number of methoxy groups -OCH3 is 2. The van der Waals surface area contributed by atoms with Gasteiger partial charge in [-0.25, -0.2) is 0 Å². The fourth-order valence-electron chi connectivity index (χ4n) is 2.92. The van der Waals surface area contributed by atoms with Gasteiger partial charge in [0.25, 0.3) is 0 Å². The van der Waals surface area contributed by atoms with Gasteiger partial charge in [-0.2, -0.15) is 5.10 Å². The Kier molecular flexibility index (Phi) is 11.5. The fraction of sp³-hybridized carbons (Fsp3) is 0.524. The Hall–Kier alpha value is -1.97. The smallest absolute Gasteiger partial charge is 0.193 e. The van der Waals surface area contributed by atoms with Crippen LogP contribution >= 0.6 is 24.0 Å². The van der Waals surface area contributed by atoms with E-state index in [0.717, 1.165) is 56.5 Å². The topological polar surface area (TPSA) is 63.9 Å². The first-order chi connectivity index (χ1) is 13.6. The lowest BCUT2D eigenvalue weighted by Crippen LogP contribution is -2.40. The molecule has 0 amide bonds. The first-order valence-electron chi connectivity index (χ1n) is 9.76. The summed E-state index contributed by atoms with van der Waals surface area (Å²) >= 11 is 0. The maximum absolute atomic E-state index is 5.39. The van der Waals surface area contributed by atoms with Crippen molar-refractivity contribution < 1.29 is 9.47 Å². The molecule has 0 fully saturated rings. The van der Waals surface area contributed by atoms with E-state index in [4.69, 9.17) is 14.5 Å². The molecular weight excluding hydrogens is 481 g/mol. The van der Waals surface area contributed by atoms with Crippen molar-refractivity contribution in [2.45, 2.75) is 33.2 Å². The number of aliphatic imine (C=N–C) groups is 1. The number of hydrogen-bond donors (Lipinski definition) is 1. The molecule has 0 unspecified atom stereocenters. The molecule has 7 nitrogen and oxygen atoms in total. The first-order valence-corrected chi connectivity index (χ1v) is 9.76. The van der Waals surface area contributed by atoms with Gasteiger partial charge in [-0.1, -0.05) is 6.07 Å². The van der Waals surface area contributed by atoms with Crippen LogP contribution < -0.4 is 14.8 Å². The minimum Gasteiger partial charge on any atom is -0.493 e. The first kappa shape index (κ1) is 25.1. The summed E-state index contributed by atoms with van der Waals surface area (Å²) in [7, 11) is 5.38. The average Bonchev–Trinajstić information content (AvgIpc) is 3.13. The summed E-state index contributed by atoms with van der Waals surface area (Å²) in [6.45, 7) is 7.49. The van der Waals surface area contributed by atoms with Gasteiger partial charge in [-0.15, -0.1) is 24.0 Å². The number of ether oxygens (including phenoxy) is 2. The average molecular weight is 515 g/mol. The van der Waals surface area contributed by atoms with Gasteiger partial charge in [0.1, 0.15) is 0 Å². The molecule has 0 saturated carbocycles. The van der Waals surface area contributed by atoms with E-state index in [1.54, 1.807) is 14.2 Å². The van der Waals surface area contributed by atoms with Crippen molar-refractivity contribution >= 4 is 29.9 Å². The standard InChI is InChI=1S/C21H33N5O2.HI/c1-6-22-21(23-11-7-12-26-16-17(2)15-24-26)25(3)13-10-18-8-9-19(27-4)20(14-18)28-5;/h8-9,14-16H,6-7,10-13H2,1-5H3,(H,22,23);1H. The highest BCUT2D eigenvalue weighted by molar-refractivity contribution is 14.0. The SMILES string of the molecule is CCNC(=NCCCn1cc(C)cn1)N(C)CCc1ccc(OC)c(OC)c1.I. The third kappa shape index (κ3) is 8.12. The molecule has 2 aromatic rings. The molecule has 0 aliphatic rings. The van der Waals surface area contributed by atoms with Crippen LogP contribution in [0.3, 0.4) is 0 Å². The third-order valence-electron chi connectivity index (χ3n) is 4.45. The monoisotopic (exact) mass is 515 g/mol. The highest BCUT2D eigenvalue weighted by Crippen LogP contribution is 2.27. The van der Waals surface area contributed by atoms with E-state index in [-0.39, 0.29) is 24.0 Å². The van der Waals surface area contributed by atoms with Crippen molar-refractivity contribution in [1.29, 1.82) is 0 Å². The molecule has 162 valence electrons. The largest absolute Gasteiger partial charge is 0.493 e.